The van der Waals surface area contributed by atoms with Crippen molar-refractivity contribution in [3.05, 3.63) is 59.3 Å². The smallest absolute Gasteiger partial charge is 0.323 e. The fourth-order valence-corrected chi connectivity index (χ4v) is 5.62. The molecule has 0 unspecified atom stereocenters. The summed E-state index contributed by atoms with van der Waals surface area (Å²) in [4.78, 5) is 19.5. The number of aromatic nitrogens is 5. The summed E-state index contributed by atoms with van der Waals surface area (Å²) in [6.07, 6.45) is 5.74. The van der Waals surface area contributed by atoms with Gasteiger partial charge in [-0.1, -0.05) is 18.5 Å². The minimum absolute atomic E-state index is 0.00418. The van der Waals surface area contributed by atoms with Gasteiger partial charge in [0, 0.05) is 31.1 Å². The highest BCUT2D eigenvalue weighted by Crippen LogP contribution is 2.55. The maximum Gasteiger partial charge on any atom is 0.323 e. The Kier molecular flexibility index (Phi) is 4.63. The third-order valence-corrected chi connectivity index (χ3v) is 7.04. The molecule has 3 aromatic heterocycles. The van der Waals surface area contributed by atoms with Crippen molar-refractivity contribution >= 4 is 28.8 Å². The number of likely N-dealkylation sites (tertiary alicyclic amines) is 1. The molecule has 1 saturated carbocycles. The molecule has 1 saturated heterocycles. The van der Waals surface area contributed by atoms with Gasteiger partial charge in [-0.25, -0.2) is 18.7 Å². The second kappa shape index (κ2) is 7.49. The fraction of sp³-hybridized carbons (Fsp3) is 0.348. The average molecular weight is 482 g/mol. The minimum atomic E-state index is -0.679. The van der Waals surface area contributed by atoms with Crippen molar-refractivity contribution in [3.8, 4) is 11.4 Å². The number of carbonyl (C=O) groups is 1. The number of hydrogen-bond donors (Lipinski definition) is 1. The van der Waals surface area contributed by atoms with Crippen LogP contribution in [0.4, 0.5) is 14.9 Å². The predicted molar refractivity (Wildman–Crippen MR) is 122 cm³/mol. The van der Waals surface area contributed by atoms with E-state index in [0.29, 0.717) is 35.5 Å². The molecule has 1 aliphatic heterocycles. The van der Waals surface area contributed by atoms with E-state index in [1.54, 1.807) is 28.7 Å². The maximum absolute atomic E-state index is 14.9. The van der Waals surface area contributed by atoms with Crippen LogP contribution in [0.25, 0.3) is 16.9 Å². The van der Waals surface area contributed by atoms with Crippen LogP contribution in [-0.2, 0) is 5.54 Å². The van der Waals surface area contributed by atoms with Gasteiger partial charge in [-0.15, -0.1) is 15.3 Å². The van der Waals surface area contributed by atoms with Crippen LogP contribution in [0.3, 0.4) is 0 Å². The highest BCUT2D eigenvalue weighted by Gasteiger charge is 2.62. The first-order valence-electron chi connectivity index (χ1n) is 11.0. The van der Waals surface area contributed by atoms with E-state index in [0.717, 1.165) is 24.4 Å². The minimum Gasteiger partial charge on any atom is -0.423 e. The van der Waals surface area contributed by atoms with Crippen molar-refractivity contribution in [2.75, 3.05) is 5.32 Å². The summed E-state index contributed by atoms with van der Waals surface area (Å²) >= 11 is 6.32. The zero-order valence-electron chi connectivity index (χ0n) is 18.5. The number of hydrogen-bond acceptors (Lipinski definition) is 6. The first kappa shape index (κ1) is 21.0. The highest BCUT2D eigenvalue weighted by molar-refractivity contribution is 6.33. The lowest BCUT2D eigenvalue weighted by atomic mass is 9.64. The van der Waals surface area contributed by atoms with Gasteiger partial charge in [0.15, 0.2) is 5.82 Å². The molecule has 1 aromatic carbocycles. The standard InChI is InChI=1S/C23H21ClFN7O2/c1-12-6-15-10-23(9-12,21-29-28-13(2)34-21)32(15)22(33)27-19-7-16(17(24)8-18(19)25)20-26-11-14-4-3-5-31(14)30-20/h3-5,7-8,11-12,15H,6,9-10H2,1-2H3,(H,27,33)/t12-,15-,23+/m1/s1. The zero-order valence-corrected chi connectivity index (χ0v) is 19.3. The molecule has 2 amide bonds. The molecule has 2 bridgehead atoms. The van der Waals surface area contributed by atoms with Crippen LogP contribution in [0.1, 0.15) is 38.0 Å². The summed E-state index contributed by atoms with van der Waals surface area (Å²) in [7, 11) is 0. The van der Waals surface area contributed by atoms with E-state index in [9.17, 15) is 9.18 Å². The van der Waals surface area contributed by atoms with Gasteiger partial charge in [-0.05, 0) is 43.0 Å². The van der Waals surface area contributed by atoms with E-state index < -0.39 is 17.4 Å². The van der Waals surface area contributed by atoms with Crippen molar-refractivity contribution < 1.29 is 13.6 Å². The average Bonchev–Trinajstić information content (AvgIpc) is 3.43. The van der Waals surface area contributed by atoms with Crippen molar-refractivity contribution in [1.82, 2.24) is 29.7 Å². The van der Waals surface area contributed by atoms with Gasteiger partial charge < -0.3 is 14.6 Å². The number of aryl methyl sites for hydroxylation is 1. The Morgan fingerprint density at radius 3 is 2.97 bits per heavy atom. The lowest BCUT2D eigenvalue weighted by Gasteiger charge is -2.61. The first-order valence-corrected chi connectivity index (χ1v) is 11.4. The summed E-state index contributed by atoms with van der Waals surface area (Å²) < 4.78 is 22.2. The van der Waals surface area contributed by atoms with Crippen LogP contribution in [0.2, 0.25) is 5.02 Å². The Labute approximate surface area is 198 Å². The summed E-state index contributed by atoms with van der Waals surface area (Å²) in [5.74, 6) is 0.935. The quantitative estimate of drug-likeness (QED) is 0.450. The topological polar surface area (TPSA) is 101 Å². The number of anilines is 1. The molecule has 1 aliphatic carbocycles. The molecule has 6 rings (SSSR count). The lowest BCUT2D eigenvalue weighted by molar-refractivity contribution is -0.110. The first-order chi connectivity index (χ1) is 16.3. The SMILES string of the molecule is Cc1nnc([C@]23C[C@H](C)C[C@H](C2)N3C(=O)Nc2cc(-c3ncc4cccn4n3)c(Cl)cc2F)o1. The molecular weight excluding hydrogens is 461 g/mol. The van der Waals surface area contributed by atoms with Crippen molar-refractivity contribution in [2.24, 2.45) is 5.92 Å². The van der Waals surface area contributed by atoms with Gasteiger partial charge in [0.1, 0.15) is 11.4 Å². The van der Waals surface area contributed by atoms with Crippen molar-refractivity contribution in [1.29, 1.82) is 0 Å². The molecule has 0 spiro atoms. The van der Waals surface area contributed by atoms with E-state index >= 15 is 0 Å². The predicted octanol–water partition coefficient (Wildman–Crippen LogP) is 4.81. The van der Waals surface area contributed by atoms with Crippen molar-refractivity contribution in [2.45, 2.75) is 44.7 Å². The Balaban J connectivity index is 1.33. The molecule has 0 radical (unpaired) electrons. The van der Waals surface area contributed by atoms with Crippen LogP contribution in [0, 0.1) is 18.7 Å². The number of piperidine rings is 1. The normalized spacial score (nSPS) is 23.7. The Morgan fingerprint density at radius 1 is 1.32 bits per heavy atom. The van der Waals surface area contributed by atoms with Gasteiger partial charge >= 0.3 is 6.03 Å². The lowest BCUT2D eigenvalue weighted by Crippen LogP contribution is -2.70. The number of amides is 2. The number of carbonyl (C=O) groups excluding carboxylic acids is 1. The second-order valence-electron chi connectivity index (χ2n) is 9.13. The number of nitrogens with one attached hydrogen (secondary N) is 1. The van der Waals surface area contributed by atoms with Crippen LogP contribution < -0.4 is 5.32 Å². The molecule has 174 valence electrons. The third-order valence-electron chi connectivity index (χ3n) is 6.72. The van der Waals surface area contributed by atoms with Gasteiger partial charge in [0.05, 0.1) is 22.4 Å². The largest absolute Gasteiger partial charge is 0.423 e. The number of fused-ring (bicyclic) bond motifs is 3. The fourth-order valence-electron chi connectivity index (χ4n) is 5.38. The summed E-state index contributed by atoms with van der Waals surface area (Å²) in [5, 5.41) is 15.5. The summed E-state index contributed by atoms with van der Waals surface area (Å²) in [6.45, 7) is 3.86. The van der Waals surface area contributed by atoms with Gasteiger partial charge in [-0.2, -0.15) is 0 Å². The molecule has 9 nitrogen and oxygen atoms in total. The number of halogens is 2. The van der Waals surface area contributed by atoms with Crippen LogP contribution >= 0.6 is 11.6 Å². The molecule has 3 atom stereocenters. The number of nitrogens with zero attached hydrogens (tertiary/aromatic N) is 6. The number of urea groups is 1. The van der Waals surface area contributed by atoms with E-state index in [2.05, 4.69) is 32.5 Å². The van der Waals surface area contributed by atoms with E-state index in [4.69, 9.17) is 16.0 Å². The molecule has 1 N–H and O–H groups in total. The van der Waals surface area contributed by atoms with Gasteiger partial charge in [-0.3, -0.25) is 0 Å². The highest BCUT2D eigenvalue weighted by atomic mass is 35.5. The molecule has 4 aromatic rings. The molecule has 4 heterocycles. The van der Waals surface area contributed by atoms with Gasteiger partial charge in [0.2, 0.25) is 11.8 Å². The van der Waals surface area contributed by atoms with Gasteiger partial charge in [0.25, 0.3) is 0 Å². The molecule has 2 aliphatic rings. The van der Waals surface area contributed by atoms with E-state index in [1.165, 1.54) is 6.07 Å². The molecule has 11 heteroatoms. The van der Waals surface area contributed by atoms with Crippen molar-refractivity contribution in [3.63, 3.8) is 0 Å². The third kappa shape index (κ3) is 3.16. The van der Waals surface area contributed by atoms with Crippen LogP contribution in [-0.4, -0.2) is 41.8 Å². The van der Waals surface area contributed by atoms with E-state index in [1.807, 2.05) is 12.1 Å². The Bertz CT molecular complexity index is 1440. The number of rotatable bonds is 3. The monoisotopic (exact) mass is 481 g/mol. The van der Waals surface area contributed by atoms with Crippen LogP contribution in [0.15, 0.2) is 41.1 Å². The Morgan fingerprint density at radius 2 is 2.18 bits per heavy atom. The molecule has 2 fully saturated rings. The summed E-state index contributed by atoms with van der Waals surface area (Å²) in [6, 6.07) is 5.93. The molecule has 34 heavy (non-hydrogen) atoms. The second-order valence-corrected chi connectivity index (χ2v) is 9.54. The van der Waals surface area contributed by atoms with E-state index in [-0.39, 0.29) is 16.8 Å². The van der Waals surface area contributed by atoms with Crippen LogP contribution in [0.5, 0.6) is 0 Å². The summed E-state index contributed by atoms with van der Waals surface area (Å²) in [5.41, 5.74) is 0.543. The zero-order chi connectivity index (χ0) is 23.6. The maximum atomic E-state index is 14.9. The molecular formula is C23H21ClFN7O2. The number of benzene rings is 1. The Hall–Kier alpha value is -3.53.